The van der Waals surface area contributed by atoms with Crippen LogP contribution in [-0.4, -0.2) is 5.43 Å². The first-order valence-electron chi connectivity index (χ1n) is 9.82. The quantitative estimate of drug-likeness (QED) is 0.278. The zero-order valence-corrected chi connectivity index (χ0v) is 22.5. The van der Waals surface area contributed by atoms with E-state index in [0.29, 0.717) is 5.92 Å². The summed E-state index contributed by atoms with van der Waals surface area (Å²) in [7, 11) is 0. The van der Waals surface area contributed by atoms with Crippen LogP contribution in [-0.2, 0) is 23.3 Å². The molecule has 0 amide bonds. The van der Waals surface area contributed by atoms with E-state index in [1.165, 1.54) is 41.2 Å². The van der Waals surface area contributed by atoms with Gasteiger partial charge in [0.25, 0.3) is 0 Å². The van der Waals surface area contributed by atoms with Crippen LogP contribution in [0.15, 0.2) is 72.8 Å². The fourth-order valence-electron chi connectivity index (χ4n) is 3.15. The number of rotatable bonds is 4. The fourth-order valence-corrected chi connectivity index (χ4v) is 3.15. The molecule has 4 heteroatoms. The molecule has 1 unspecified atom stereocenters. The second kappa shape index (κ2) is 16.2. The van der Waals surface area contributed by atoms with Crippen molar-refractivity contribution in [1.29, 1.82) is 0 Å². The van der Waals surface area contributed by atoms with E-state index >= 15 is 0 Å². The molecule has 3 aromatic rings. The van der Waals surface area contributed by atoms with Gasteiger partial charge in [-0.05, 0) is 11.1 Å². The maximum atomic E-state index is 2.37. The number of unbranched alkanes of at least 4 members (excludes halogenated alkanes) is 2. The molecule has 3 aromatic carbocycles. The van der Waals surface area contributed by atoms with E-state index < -0.39 is 0 Å². The average molecular weight is 521 g/mol. The smallest absolute Gasteiger partial charge is 0.0809 e. The Kier molecular flexibility index (Phi) is 15.9. The standard InChI is InChI=1S/C14H17.C9H7.C2H6Si.2ClH.Zr/c1-2-3-4-7-12-10-11-13-8-5-6-9-14(12)13;1-2-5-9-7-3-6-8(9)4-1;1-3-2;;;/h3,5-6,8-12H,2,4,7H2,1H3;1-7H;1-2H3;2*1H;/q2*-1;;;;+2/p-2. The Bertz CT molecular complexity index is 836. The number of benzene rings is 2. The van der Waals surface area contributed by atoms with Gasteiger partial charge < -0.3 is 31.2 Å². The van der Waals surface area contributed by atoms with E-state index in [1.54, 1.807) is 23.3 Å². The SMILES string of the molecule is CC[CH-]CCC1C=Cc2ccccc21.C[Si](C)=[Zr+2].[Cl-].[Cl-].c1ccc2[cH-]ccc2c1. The summed E-state index contributed by atoms with van der Waals surface area (Å²) < 4.78 is 0. The van der Waals surface area contributed by atoms with Crippen LogP contribution < -0.4 is 24.8 Å². The van der Waals surface area contributed by atoms with Crippen LogP contribution in [0.1, 0.15) is 43.2 Å². The maximum Gasteiger partial charge on any atom is -0.0809 e. The summed E-state index contributed by atoms with van der Waals surface area (Å²) in [6.07, 6.45) is 10.7. The Morgan fingerprint density at radius 1 is 1.00 bits per heavy atom. The van der Waals surface area contributed by atoms with Crippen molar-refractivity contribution in [3.05, 3.63) is 90.4 Å². The molecule has 1 aliphatic rings. The molecule has 0 saturated heterocycles. The summed E-state index contributed by atoms with van der Waals surface area (Å²) in [5, 5.41) is 2.66. The summed E-state index contributed by atoms with van der Waals surface area (Å²) in [4.78, 5) is 0. The molecule has 0 N–H and O–H groups in total. The van der Waals surface area contributed by atoms with Crippen molar-refractivity contribution in [1.82, 2.24) is 0 Å². The molecule has 0 saturated carbocycles. The first-order valence-corrected chi connectivity index (χ1v) is 16.0. The average Bonchev–Trinajstić information content (AvgIpc) is 3.29. The van der Waals surface area contributed by atoms with Crippen LogP contribution in [0, 0.1) is 6.42 Å². The van der Waals surface area contributed by atoms with Crippen LogP contribution in [0.4, 0.5) is 0 Å². The molecule has 0 spiro atoms. The molecule has 0 radical (unpaired) electrons. The van der Waals surface area contributed by atoms with Gasteiger partial charge in [0.15, 0.2) is 0 Å². The van der Waals surface area contributed by atoms with E-state index in [4.69, 9.17) is 0 Å². The Hall–Kier alpha value is -0.530. The number of hydrogen-bond donors (Lipinski definition) is 0. The third-order valence-electron chi connectivity index (χ3n) is 4.42. The van der Waals surface area contributed by atoms with Crippen molar-refractivity contribution >= 4 is 22.3 Å². The molecule has 29 heavy (non-hydrogen) atoms. The first-order chi connectivity index (χ1) is 13.1. The molecule has 0 bridgehead atoms. The van der Waals surface area contributed by atoms with Crippen molar-refractivity contribution < 1.29 is 48.1 Å². The van der Waals surface area contributed by atoms with Gasteiger partial charge in [-0.1, -0.05) is 55.8 Å². The number of fused-ring (bicyclic) bond motifs is 2. The van der Waals surface area contributed by atoms with E-state index in [9.17, 15) is 0 Å². The summed E-state index contributed by atoms with van der Waals surface area (Å²) in [5.74, 6) is 0.661. The first kappa shape index (κ1) is 28.5. The van der Waals surface area contributed by atoms with Crippen molar-refractivity contribution in [2.75, 3.05) is 0 Å². The number of hydrogen-bond acceptors (Lipinski definition) is 0. The summed E-state index contributed by atoms with van der Waals surface area (Å²) in [6, 6.07) is 23.4. The normalized spacial score (nSPS) is 13.1. The molecule has 0 aromatic heterocycles. The molecule has 0 fully saturated rings. The van der Waals surface area contributed by atoms with Crippen molar-refractivity contribution in [3.63, 3.8) is 0 Å². The predicted molar refractivity (Wildman–Crippen MR) is 119 cm³/mol. The molecular formula is C25H30Cl2SiZr-2. The van der Waals surface area contributed by atoms with Crippen LogP contribution in [0.3, 0.4) is 0 Å². The van der Waals surface area contributed by atoms with Gasteiger partial charge in [0.2, 0.25) is 0 Å². The zero-order chi connectivity index (χ0) is 19.5. The molecule has 4 rings (SSSR count). The van der Waals surface area contributed by atoms with Gasteiger partial charge in [-0.15, -0.1) is 29.7 Å². The molecular weight excluding hydrogens is 490 g/mol. The minimum absolute atomic E-state index is 0. The van der Waals surface area contributed by atoms with Crippen LogP contribution in [0.5, 0.6) is 0 Å². The third-order valence-corrected chi connectivity index (χ3v) is 4.42. The largest absolute Gasteiger partial charge is 1.00 e. The maximum absolute atomic E-state index is 2.37. The van der Waals surface area contributed by atoms with Gasteiger partial charge in [0, 0.05) is 5.92 Å². The summed E-state index contributed by atoms with van der Waals surface area (Å²) in [6.45, 7) is 6.82. The van der Waals surface area contributed by atoms with Gasteiger partial charge in [-0.25, -0.2) is 0 Å². The minimum Gasteiger partial charge on any atom is -1.00 e. The monoisotopic (exact) mass is 518 g/mol. The van der Waals surface area contributed by atoms with Crippen LogP contribution >= 0.6 is 0 Å². The topological polar surface area (TPSA) is 0 Å². The minimum atomic E-state index is 0. The van der Waals surface area contributed by atoms with Crippen molar-refractivity contribution in [2.24, 2.45) is 0 Å². The van der Waals surface area contributed by atoms with Gasteiger partial charge in [0.1, 0.15) is 0 Å². The number of allylic oxidation sites excluding steroid dienone is 1. The van der Waals surface area contributed by atoms with E-state index in [2.05, 4.69) is 105 Å². The predicted octanol–water partition coefficient (Wildman–Crippen LogP) is 1.54. The van der Waals surface area contributed by atoms with E-state index in [-0.39, 0.29) is 30.2 Å². The molecule has 1 atom stereocenters. The Morgan fingerprint density at radius 2 is 1.66 bits per heavy atom. The van der Waals surface area contributed by atoms with E-state index in [0.717, 1.165) is 0 Å². The van der Waals surface area contributed by atoms with Crippen LogP contribution in [0.25, 0.3) is 16.8 Å². The third kappa shape index (κ3) is 10.4. The second-order valence-corrected chi connectivity index (χ2v) is 16.4. The van der Waals surface area contributed by atoms with Crippen LogP contribution in [0.2, 0.25) is 13.1 Å². The summed E-state index contributed by atoms with van der Waals surface area (Å²) >= 11 is 1.74. The van der Waals surface area contributed by atoms with Gasteiger partial charge in [-0.2, -0.15) is 30.4 Å². The number of halogens is 2. The Balaban J connectivity index is 0.000000454. The molecule has 0 aliphatic heterocycles. The Labute approximate surface area is 204 Å². The van der Waals surface area contributed by atoms with Crippen molar-refractivity contribution in [2.45, 2.75) is 45.2 Å². The zero-order valence-electron chi connectivity index (χ0n) is 17.5. The molecule has 0 heterocycles. The molecule has 154 valence electrons. The van der Waals surface area contributed by atoms with Gasteiger partial charge in [0.05, 0.1) is 0 Å². The van der Waals surface area contributed by atoms with E-state index in [1.807, 2.05) is 0 Å². The second-order valence-electron chi connectivity index (χ2n) is 7.02. The molecule has 1 aliphatic carbocycles. The molecule has 0 nitrogen and oxygen atoms in total. The summed E-state index contributed by atoms with van der Waals surface area (Å²) in [5.41, 5.74) is 3.13. The fraction of sp³-hybridized carbons (Fsp3) is 0.280. The van der Waals surface area contributed by atoms with Gasteiger partial charge >= 0.3 is 41.9 Å². The van der Waals surface area contributed by atoms with Crippen molar-refractivity contribution in [3.8, 4) is 0 Å². The Morgan fingerprint density at radius 3 is 2.34 bits per heavy atom. The van der Waals surface area contributed by atoms with Gasteiger partial charge in [-0.3, -0.25) is 0 Å².